The highest BCUT2D eigenvalue weighted by molar-refractivity contribution is 5.91. The second kappa shape index (κ2) is 4.81. The van der Waals surface area contributed by atoms with Crippen molar-refractivity contribution in [1.82, 2.24) is 4.98 Å². The van der Waals surface area contributed by atoms with Gasteiger partial charge >= 0.3 is 0 Å². The molecule has 1 N–H and O–H groups in total. The van der Waals surface area contributed by atoms with Gasteiger partial charge in [-0.2, -0.15) is 0 Å². The summed E-state index contributed by atoms with van der Waals surface area (Å²) in [6.45, 7) is 3.50. The molecule has 100 valence electrons. The monoisotopic (exact) mass is 266 g/mol. The molecule has 0 saturated carbocycles. The topological polar surface area (TPSA) is 55.1 Å². The van der Waals surface area contributed by atoms with Crippen LogP contribution in [-0.4, -0.2) is 10.9 Å². The Morgan fingerprint density at radius 2 is 2.00 bits per heavy atom. The Bertz CT molecular complexity index is 790. The number of carbonyl (C=O) groups is 1. The third-order valence-corrected chi connectivity index (χ3v) is 3.08. The lowest BCUT2D eigenvalue weighted by atomic mass is 10.1. The molecule has 1 aromatic heterocycles. The zero-order chi connectivity index (χ0) is 14.1. The first-order valence-corrected chi connectivity index (χ1v) is 6.37. The summed E-state index contributed by atoms with van der Waals surface area (Å²) in [5.41, 5.74) is 4.23. The van der Waals surface area contributed by atoms with Crippen LogP contribution in [0.4, 0.5) is 5.69 Å². The van der Waals surface area contributed by atoms with Crippen LogP contribution in [0.1, 0.15) is 12.5 Å². The van der Waals surface area contributed by atoms with Gasteiger partial charge in [0.2, 0.25) is 11.8 Å². The van der Waals surface area contributed by atoms with Crippen LogP contribution in [0.5, 0.6) is 0 Å². The first-order valence-electron chi connectivity index (χ1n) is 6.37. The van der Waals surface area contributed by atoms with Gasteiger partial charge < -0.3 is 9.73 Å². The minimum absolute atomic E-state index is 0.108. The Hall–Kier alpha value is -2.62. The van der Waals surface area contributed by atoms with Crippen molar-refractivity contribution in [2.45, 2.75) is 13.8 Å². The highest BCUT2D eigenvalue weighted by atomic mass is 16.3. The van der Waals surface area contributed by atoms with Gasteiger partial charge in [-0.05, 0) is 30.7 Å². The minimum Gasteiger partial charge on any atom is -0.436 e. The van der Waals surface area contributed by atoms with Gasteiger partial charge in [0.1, 0.15) is 5.52 Å². The van der Waals surface area contributed by atoms with E-state index in [4.69, 9.17) is 4.42 Å². The summed E-state index contributed by atoms with van der Waals surface area (Å²) < 4.78 is 5.79. The predicted molar refractivity (Wildman–Crippen MR) is 78.5 cm³/mol. The fraction of sp³-hybridized carbons (Fsp3) is 0.125. The fourth-order valence-corrected chi connectivity index (χ4v) is 2.13. The van der Waals surface area contributed by atoms with Crippen LogP contribution >= 0.6 is 0 Å². The molecule has 0 spiro atoms. The summed E-state index contributed by atoms with van der Waals surface area (Å²) in [4.78, 5) is 15.5. The lowest BCUT2D eigenvalue weighted by Gasteiger charge is -1.99. The molecule has 0 saturated heterocycles. The van der Waals surface area contributed by atoms with Crippen molar-refractivity contribution in [2.75, 3.05) is 5.32 Å². The summed E-state index contributed by atoms with van der Waals surface area (Å²) in [7, 11) is 0. The zero-order valence-electron chi connectivity index (χ0n) is 11.3. The molecule has 1 amide bonds. The molecule has 20 heavy (non-hydrogen) atoms. The van der Waals surface area contributed by atoms with Crippen LogP contribution in [0.3, 0.4) is 0 Å². The molecular formula is C16H14N2O2. The third kappa shape index (κ3) is 2.28. The van der Waals surface area contributed by atoms with Gasteiger partial charge in [0, 0.05) is 24.2 Å². The van der Waals surface area contributed by atoms with E-state index in [1.54, 1.807) is 6.07 Å². The van der Waals surface area contributed by atoms with E-state index in [9.17, 15) is 4.79 Å². The summed E-state index contributed by atoms with van der Waals surface area (Å²) in [5, 5.41) is 2.73. The van der Waals surface area contributed by atoms with Crippen LogP contribution in [0.25, 0.3) is 22.6 Å². The number of carbonyl (C=O) groups excluding carboxylic acids is 1. The summed E-state index contributed by atoms with van der Waals surface area (Å²) in [6, 6.07) is 13.4. The number of nitrogens with zero attached hydrogens (tertiary/aromatic N) is 1. The standard InChI is InChI=1S/C16H14N2O2/c1-10-5-3-4-6-13(10)16-18-14-8-7-12(17-11(2)19)9-15(14)20-16/h3-9H,1-2H3,(H,17,19). The number of benzene rings is 2. The van der Waals surface area contributed by atoms with Crippen LogP contribution in [0.15, 0.2) is 46.9 Å². The van der Waals surface area contributed by atoms with Gasteiger partial charge in [-0.15, -0.1) is 0 Å². The molecule has 4 nitrogen and oxygen atoms in total. The number of aromatic nitrogens is 1. The molecular weight excluding hydrogens is 252 g/mol. The quantitative estimate of drug-likeness (QED) is 0.768. The van der Waals surface area contributed by atoms with Crippen molar-refractivity contribution in [3.63, 3.8) is 0 Å². The number of anilines is 1. The molecule has 0 aliphatic rings. The highest BCUT2D eigenvalue weighted by Crippen LogP contribution is 2.28. The average molecular weight is 266 g/mol. The number of fused-ring (bicyclic) bond motifs is 1. The van der Waals surface area contributed by atoms with Crippen molar-refractivity contribution >= 4 is 22.7 Å². The van der Waals surface area contributed by atoms with E-state index in [-0.39, 0.29) is 5.91 Å². The van der Waals surface area contributed by atoms with Crippen LogP contribution < -0.4 is 5.32 Å². The summed E-state index contributed by atoms with van der Waals surface area (Å²) in [6.07, 6.45) is 0. The van der Waals surface area contributed by atoms with Crippen molar-refractivity contribution in [3.8, 4) is 11.5 Å². The maximum absolute atomic E-state index is 11.1. The third-order valence-electron chi connectivity index (χ3n) is 3.08. The Balaban J connectivity index is 2.07. The van der Waals surface area contributed by atoms with Gasteiger partial charge in [-0.3, -0.25) is 4.79 Å². The molecule has 0 aliphatic heterocycles. The Kier molecular flexibility index (Phi) is 2.99. The molecule has 2 aromatic carbocycles. The number of rotatable bonds is 2. The lowest BCUT2D eigenvalue weighted by molar-refractivity contribution is -0.114. The van der Waals surface area contributed by atoms with Crippen LogP contribution in [0, 0.1) is 6.92 Å². The molecule has 1 heterocycles. The van der Waals surface area contributed by atoms with E-state index in [0.29, 0.717) is 17.2 Å². The molecule has 0 fully saturated rings. The molecule has 4 heteroatoms. The molecule has 0 unspecified atom stereocenters. The average Bonchev–Trinajstić information content (AvgIpc) is 2.81. The maximum atomic E-state index is 11.1. The van der Waals surface area contributed by atoms with Crippen molar-refractivity contribution in [1.29, 1.82) is 0 Å². The number of aryl methyl sites for hydroxylation is 1. The highest BCUT2D eigenvalue weighted by Gasteiger charge is 2.10. The Labute approximate surface area is 116 Å². The van der Waals surface area contributed by atoms with E-state index in [2.05, 4.69) is 10.3 Å². The Morgan fingerprint density at radius 1 is 1.20 bits per heavy atom. The predicted octanol–water partition coefficient (Wildman–Crippen LogP) is 3.76. The molecule has 0 radical (unpaired) electrons. The van der Waals surface area contributed by atoms with Crippen LogP contribution in [0.2, 0.25) is 0 Å². The van der Waals surface area contributed by atoms with Gasteiger partial charge in [0.05, 0.1) is 0 Å². The van der Waals surface area contributed by atoms with E-state index in [1.807, 2.05) is 43.3 Å². The van der Waals surface area contributed by atoms with Crippen molar-refractivity contribution in [2.24, 2.45) is 0 Å². The largest absolute Gasteiger partial charge is 0.436 e. The molecule has 0 atom stereocenters. The van der Waals surface area contributed by atoms with E-state index in [0.717, 1.165) is 16.6 Å². The number of oxazole rings is 1. The SMILES string of the molecule is CC(=O)Nc1ccc2nc(-c3ccccc3C)oc2c1. The summed E-state index contributed by atoms with van der Waals surface area (Å²) >= 11 is 0. The fourth-order valence-electron chi connectivity index (χ4n) is 2.13. The Morgan fingerprint density at radius 3 is 2.75 bits per heavy atom. The molecule has 0 bridgehead atoms. The zero-order valence-corrected chi connectivity index (χ0v) is 11.3. The second-order valence-corrected chi connectivity index (χ2v) is 4.70. The molecule has 3 aromatic rings. The van der Waals surface area contributed by atoms with Crippen LogP contribution in [-0.2, 0) is 4.79 Å². The number of nitrogens with one attached hydrogen (secondary N) is 1. The maximum Gasteiger partial charge on any atom is 0.227 e. The number of hydrogen-bond donors (Lipinski definition) is 1. The van der Waals surface area contributed by atoms with E-state index >= 15 is 0 Å². The second-order valence-electron chi connectivity index (χ2n) is 4.70. The normalized spacial score (nSPS) is 10.7. The minimum atomic E-state index is -0.108. The van der Waals surface area contributed by atoms with Gasteiger partial charge in [-0.1, -0.05) is 18.2 Å². The molecule has 3 rings (SSSR count). The molecule has 0 aliphatic carbocycles. The first kappa shape index (κ1) is 12.4. The van der Waals surface area contributed by atoms with Gasteiger partial charge in [0.15, 0.2) is 5.58 Å². The lowest BCUT2D eigenvalue weighted by Crippen LogP contribution is -2.05. The van der Waals surface area contributed by atoms with Crippen molar-refractivity contribution in [3.05, 3.63) is 48.0 Å². The van der Waals surface area contributed by atoms with E-state index < -0.39 is 0 Å². The van der Waals surface area contributed by atoms with Crippen molar-refractivity contribution < 1.29 is 9.21 Å². The number of hydrogen-bond acceptors (Lipinski definition) is 3. The summed E-state index contributed by atoms with van der Waals surface area (Å²) in [5.74, 6) is 0.487. The first-order chi connectivity index (χ1) is 9.63. The smallest absolute Gasteiger partial charge is 0.227 e. The van der Waals surface area contributed by atoms with Gasteiger partial charge in [0.25, 0.3) is 0 Å². The number of amides is 1. The van der Waals surface area contributed by atoms with E-state index in [1.165, 1.54) is 6.92 Å². The van der Waals surface area contributed by atoms with Gasteiger partial charge in [-0.25, -0.2) is 4.98 Å².